The molecule has 0 radical (unpaired) electrons. The monoisotopic (exact) mass is 493 g/mol. The van der Waals surface area contributed by atoms with Crippen molar-refractivity contribution in [2.75, 3.05) is 13.7 Å². The van der Waals surface area contributed by atoms with Gasteiger partial charge in [-0.1, -0.05) is 23.5 Å². The van der Waals surface area contributed by atoms with Crippen LogP contribution in [0, 0.1) is 0 Å². The number of methoxy groups -OCH3 is 1. The number of thiazole rings is 1. The third kappa shape index (κ3) is 4.90. The Bertz CT molecular complexity index is 1450. The second-order valence-corrected chi connectivity index (χ2v) is 9.14. The maximum atomic E-state index is 13.6. The lowest BCUT2D eigenvalue weighted by Crippen LogP contribution is -2.40. The summed E-state index contributed by atoms with van der Waals surface area (Å²) in [5.74, 6) is 0.566. The average Bonchev–Trinajstić information content (AvgIpc) is 3.13. The van der Waals surface area contributed by atoms with Crippen molar-refractivity contribution in [3.8, 4) is 11.5 Å². The molecular weight excluding hydrogens is 466 g/mol. The topological polar surface area (TPSA) is 92.0 Å². The molecule has 1 unspecified atom stereocenters. The summed E-state index contributed by atoms with van der Waals surface area (Å²) in [5, 5.41) is 0. The minimum absolute atomic E-state index is 0.0451. The number of carbonyl (C=O) groups is 1. The number of nitrogens with zero attached hydrogens (tertiary/aromatic N) is 3. The van der Waals surface area contributed by atoms with Gasteiger partial charge in [-0.25, -0.2) is 9.79 Å². The Morgan fingerprint density at radius 3 is 2.69 bits per heavy atom. The van der Waals surface area contributed by atoms with E-state index in [1.807, 2.05) is 38.1 Å². The van der Waals surface area contributed by atoms with Crippen molar-refractivity contribution in [3.05, 3.63) is 84.8 Å². The normalized spacial score (nSPS) is 15.6. The molecule has 0 saturated heterocycles. The molecule has 0 saturated carbocycles. The van der Waals surface area contributed by atoms with Gasteiger partial charge in [0.25, 0.3) is 5.56 Å². The van der Waals surface area contributed by atoms with Crippen LogP contribution in [0.25, 0.3) is 6.08 Å². The van der Waals surface area contributed by atoms with E-state index in [0.29, 0.717) is 43.4 Å². The van der Waals surface area contributed by atoms with Crippen molar-refractivity contribution in [3.63, 3.8) is 0 Å². The van der Waals surface area contributed by atoms with Gasteiger partial charge in [-0.05, 0) is 63.6 Å². The first-order valence-corrected chi connectivity index (χ1v) is 12.1. The maximum absolute atomic E-state index is 13.6. The predicted octanol–water partition coefficient (Wildman–Crippen LogP) is 2.99. The number of aromatic nitrogens is 2. The van der Waals surface area contributed by atoms with Crippen molar-refractivity contribution in [2.24, 2.45) is 4.99 Å². The molecule has 0 amide bonds. The highest BCUT2D eigenvalue weighted by atomic mass is 32.1. The number of pyridine rings is 1. The first kappa shape index (κ1) is 24.4. The van der Waals surface area contributed by atoms with Crippen molar-refractivity contribution >= 4 is 23.4 Å². The molecule has 0 bridgehead atoms. The van der Waals surface area contributed by atoms with Gasteiger partial charge in [-0.3, -0.25) is 14.3 Å². The number of benzene rings is 1. The molecule has 9 heteroatoms. The summed E-state index contributed by atoms with van der Waals surface area (Å²) in [6.45, 7) is 7.56. The standard InChI is InChI=1S/C26H27N3O5S/c1-6-33-25(31)22-16(4)28-26-29(24(30)21(35-26)14-18-9-7-8-12-27-18)23(22)17-10-11-19(34-15(2)3)20(13-17)32-5/h7-15,23H,6H2,1-5H3/b21-14-. The van der Waals surface area contributed by atoms with E-state index in [1.165, 1.54) is 15.9 Å². The Kier molecular flexibility index (Phi) is 7.16. The van der Waals surface area contributed by atoms with Gasteiger partial charge in [0.1, 0.15) is 0 Å². The molecule has 182 valence electrons. The molecule has 3 heterocycles. The molecule has 4 rings (SSSR count). The Hall–Kier alpha value is -3.72. The maximum Gasteiger partial charge on any atom is 0.338 e. The number of allylic oxidation sites excluding steroid dienone is 1. The highest BCUT2D eigenvalue weighted by Gasteiger charge is 2.34. The Labute approximate surface area is 206 Å². The lowest BCUT2D eigenvalue weighted by Gasteiger charge is -2.25. The zero-order chi connectivity index (χ0) is 25.1. The molecule has 2 aromatic heterocycles. The van der Waals surface area contributed by atoms with Crippen LogP contribution in [0.2, 0.25) is 0 Å². The van der Waals surface area contributed by atoms with Crippen LogP contribution in [-0.4, -0.2) is 35.3 Å². The molecule has 1 aromatic carbocycles. The van der Waals surface area contributed by atoms with Crippen LogP contribution in [0.5, 0.6) is 11.5 Å². The lowest BCUT2D eigenvalue weighted by atomic mass is 9.95. The fourth-order valence-electron chi connectivity index (χ4n) is 3.91. The summed E-state index contributed by atoms with van der Waals surface area (Å²) in [6.07, 6.45) is 3.35. The summed E-state index contributed by atoms with van der Waals surface area (Å²) in [4.78, 5) is 36.1. The SMILES string of the molecule is CCOC(=O)C1=C(C)N=c2s/c(=C\c3ccccn3)c(=O)n2C1c1ccc(OC(C)C)c(OC)c1. The summed E-state index contributed by atoms with van der Waals surface area (Å²) in [6, 6.07) is 10.2. The van der Waals surface area contributed by atoms with Crippen LogP contribution in [0.4, 0.5) is 0 Å². The Morgan fingerprint density at radius 2 is 2.03 bits per heavy atom. The fourth-order valence-corrected chi connectivity index (χ4v) is 4.94. The zero-order valence-corrected chi connectivity index (χ0v) is 21.1. The highest BCUT2D eigenvalue weighted by molar-refractivity contribution is 7.07. The highest BCUT2D eigenvalue weighted by Crippen LogP contribution is 2.36. The molecule has 1 atom stereocenters. The molecule has 35 heavy (non-hydrogen) atoms. The van der Waals surface area contributed by atoms with Gasteiger partial charge >= 0.3 is 5.97 Å². The van der Waals surface area contributed by atoms with Crippen molar-refractivity contribution < 1.29 is 19.0 Å². The van der Waals surface area contributed by atoms with Crippen molar-refractivity contribution in [1.82, 2.24) is 9.55 Å². The fraction of sp³-hybridized carbons (Fsp3) is 0.308. The molecule has 3 aromatic rings. The summed E-state index contributed by atoms with van der Waals surface area (Å²) in [5.41, 5.74) is 1.89. The summed E-state index contributed by atoms with van der Waals surface area (Å²) >= 11 is 1.25. The van der Waals surface area contributed by atoms with Crippen LogP contribution in [0.1, 0.15) is 45.0 Å². The average molecular weight is 494 g/mol. The van der Waals surface area contributed by atoms with Crippen LogP contribution in [-0.2, 0) is 9.53 Å². The van der Waals surface area contributed by atoms with E-state index in [4.69, 9.17) is 14.2 Å². The van der Waals surface area contributed by atoms with E-state index in [0.717, 1.165) is 0 Å². The Balaban J connectivity index is 1.94. The molecule has 0 aliphatic carbocycles. The number of ether oxygens (including phenoxy) is 3. The summed E-state index contributed by atoms with van der Waals surface area (Å²) < 4.78 is 18.8. The lowest BCUT2D eigenvalue weighted by molar-refractivity contribution is -0.139. The number of hydrogen-bond acceptors (Lipinski definition) is 8. The van der Waals surface area contributed by atoms with E-state index in [2.05, 4.69) is 9.98 Å². The van der Waals surface area contributed by atoms with E-state index < -0.39 is 12.0 Å². The van der Waals surface area contributed by atoms with Crippen LogP contribution in [0.15, 0.2) is 63.7 Å². The first-order chi connectivity index (χ1) is 16.8. The van der Waals surface area contributed by atoms with Gasteiger partial charge in [-0.15, -0.1) is 0 Å². The van der Waals surface area contributed by atoms with Crippen LogP contribution in [0.3, 0.4) is 0 Å². The van der Waals surface area contributed by atoms with Gasteiger partial charge < -0.3 is 14.2 Å². The number of carbonyl (C=O) groups excluding carboxylic acids is 1. The summed E-state index contributed by atoms with van der Waals surface area (Å²) in [7, 11) is 1.55. The van der Waals surface area contributed by atoms with Crippen LogP contribution >= 0.6 is 11.3 Å². The third-order valence-electron chi connectivity index (χ3n) is 5.35. The molecule has 1 aliphatic heterocycles. The van der Waals surface area contributed by atoms with E-state index in [9.17, 15) is 9.59 Å². The molecule has 0 spiro atoms. The number of rotatable bonds is 7. The molecule has 0 N–H and O–H groups in total. The smallest absolute Gasteiger partial charge is 0.338 e. The van der Waals surface area contributed by atoms with Crippen molar-refractivity contribution in [1.29, 1.82) is 0 Å². The zero-order valence-electron chi connectivity index (χ0n) is 20.3. The van der Waals surface area contributed by atoms with Gasteiger partial charge in [0.15, 0.2) is 16.3 Å². The molecule has 1 aliphatic rings. The predicted molar refractivity (Wildman–Crippen MR) is 133 cm³/mol. The van der Waals surface area contributed by atoms with Gasteiger partial charge in [-0.2, -0.15) is 0 Å². The van der Waals surface area contributed by atoms with Gasteiger partial charge in [0.2, 0.25) is 0 Å². The number of hydrogen-bond donors (Lipinski definition) is 0. The largest absolute Gasteiger partial charge is 0.493 e. The second-order valence-electron chi connectivity index (χ2n) is 8.13. The third-order valence-corrected chi connectivity index (χ3v) is 6.33. The number of fused-ring (bicyclic) bond motifs is 1. The van der Waals surface area contributed by atoms with E-state index >= 15 is 0 Å². The van der Waals surface area contributed by atoms with Gasteiger partial charge in [0.05, 0.1) is 47.4 Å². The minimum Gasteiger partial charge on any atom is -0.493 e. The first-order valence-electron chi connectivity index (χ1n) is 11.3. The Morgan fingerprint density at radius 1 is 1.23 bits per heavy atom. The minimum atomic E-state index is -0.738. The second kappa shape index (κ2) is 10.3. The quantitative estimate of drug-likeness (QED) is 0.470. The van der Waals surface area contributed by atoms with E-state index in [1.54, 1.807) is 45.4 Å². The molecular formula is C26H27N3O5S. The molecule has 8 nitrogen and oxygen atoms in total. The van der Waals surface area contributed by atoms with E-state index in [-0.39, 0.29) is 18.3 Å². The molecule has 0 fully saturated rings. The van der Waals surface area contributed by atoms with Crippen molar-refractivity contribution in [2.45, 2.75) is 39.8 Å². The number of esters is 1. The van der Waals surface area contributed by atoms with Crippen LogP contribution < -0.4 is 24.4 Å². The van der Waals surface area contributed by atoms with Gasteiger partial charge in [0, 0.05) is 6.20 Å².